The Balaban J connectivity index is 0.947. The highest BCUT2D eigenvalue weighted by molar-refractivity contribution is 6.31. The fraction of sp³-hybridized carbons (Fsp3) is 0.0222. The van der Waals surface area contributed by atoms with E-state index in [-0.39, 0.29) is 11.8 Å². The van der Waals surface area contributed by atoms with Gasteiger partial charge in [-0.1, -0.05) is 108 Å². The molecule has 0 fully saturated rings. The van der Waals surface area contributed by atoms with Crippen LogP contribution < -0.4 is 10.6 Å². The van der Waals surface area contributed by atoms with Gasteiger partial charge in [-0.2, -0.15) is 0 Å². The molecule has 6 aromatic carbocycles. The third-order valence-corrected chi connectivity index (χ3v) is 9.54. The second-order valence-corrected chi connectivity index (χ2v) is 13.5. The number of halogens is 2. The van der Waals surface area contributed by atoms with Gasteiger partial charge in [0.05, 0.1) is 33.5 Å². The van der Waals surface area contributed by atoms with E-state index >= 15 is 0 Å². The Morgan fingerprint density at radius 1 is 0.472 bits per heavy atom. The SMILES string of the molecule is O=C(Nc1ccc(Cc2ccc(NC(=O)c3cc(-c4ccc(Cl)cc4)nc4ccccc34)cc2)cc1)c1cc(-c2ccc(Cl)cc2)nc2ccccc12. The maximum atomic E-state index is 13.6. The number of fused-ring (bicyclic) bond motifs is 2. The fourth-order valence-corrected chi connectivity index (χ4v) is 6.56. The number of benzene rings is 6. The molecule has 0 saturated carbocycles. The van der Waals surface area contributed by atoms with Gasteiger partial charge in [0.1, 0.15) is 0 Å². The number of nitrogens with one attached hydrogen (secondary N) is 2. The summed E-state index contributed by atoms with van der Waals surface area (Å²) in [6, 6.07) is 49.3. The molecule has 0 unspecified atom stereocenters. The normalized spacial score (nSPS) is 11.1. The van der Waals surface area contributed by atoms with Crippen molar-refractivity contribution in [3.8, 4) is 22.5 Å². The predicted molar refractivity (Wildman–Crippen MR) is 216 cm³/mol. The molecule has 256 valence electrons. The highest BCUT2D eigenvalue weighted by Gasteiger charge is 2.16. The first-order chi connectivity index (χ1) is 25.9. The molecule has 0 aliphatic heterocycles. The van der Waals surface area contributed by atoms with Crippen LogP contribution in [0.5, 0.6) is 0 Å². The summed E-state index contributed by atoms with van der Waals surface area (Å²) in [6.07, 6.45) is 0.682. The van der Waals surface area contributed by atoms with Crippen molar-refractivity contribution in [3.63, 3.8) is 0 Å². The van der Waals surface area contributed by atoms with E-state index in [0.717, 1.165) is 44.1 Å². The third kappa shape index (κ3) is 7.51. The van der Waals surface area contributed by atoms with Crippen LogP contribution in [0.15, 0.2) is 158 Å². The highest BCUT2D eigenvalue weighted by atomic mass is 35.5. The van der Waals surface area contributed by atoms with Crippen molar-refractivity contribution in [2.75, 3.05) is 10.6 Å². The van der Waals surface area contributed by atoms with Crippen molar-refractivity contribution in [3.05, 3.63) is 190 Å². The molecule has 0 aliphatic rings. The number of rotatable bonds is 8. The molecule has 0 saturated heterocycles. The number of aromatic nitrogens is 2. The van der Waals surface area contributed by atoms with Crippen molar-refractivity contribution < 1.29 is 9.59 Å². The Morgan fingerprint density at radius 3 is 1.25 bits per heavy atom. The van der Waals surface area contributed by atoms with Gasteiger partial charge in [0.25, 0.3) is 11.8 Å². The van der Waals surface area contributed by atoms with Crippen LogP contribution in [0.25, 0.3) is 44.3 Å². The highest BCUT2D eigenvalue weighted by Crippen LogP contribution is 2.29. The zero-order chi connectivity index (χ0) is 36.3. The summed E-state index contributed by atoms with van der Waals surface area (Å²) in [7, 11) is 0. The van der Waals surface area contributed by atoms with Gasteiger partial charge >= 0.3 is 0 Å². The molecule has 0 bridgehead atoms. The van der Waals surface area contributed by atoms with Gasteiger partial charge in [0.15, 0.2) is 0 Å². The molecule has 0 atom stereocenters. The molecular weight excluding hydrogens is 699 g/mol. The second-order valence-electron chi connectivity index (χ2n) is 12.6. The van der Waals surface area contributed by atoms with Crippen LogP contribution in [0, 0.1) is 0 Å². The molecule has 6 nitrogen and oxygen atoms in total. The number of para-hydroxylation sites is 2. The molecule has 8 heteroatoms. The average Bonchev–Trinajstić information content (AvgIpc) is 3.19. The monoisotopic (exact) mass is 728 g/mol. The van der Waals surface area contributed by atoms with Gasteiger partial charge in [-0.15, -0.1) is 0 Å². The second kappa shape index (κ2) is 14.7. The molecule has 0 spiro atoms. The maximum absolute atomic E-state index is 13.6. The first-order valence-corrected chi connectivity index (χ1v) is 17.7. The minimum Gasteiger partial charge on any atom is -0.322 e. The van der Waals surface area contributed by atoms with E-state index in [9.17, 15) is 9.59 Å². The largest absolute Gasteiger partial charge is 0.322 e. The summed E-state index contributed by atoms with van der Waals surface area (Å²) in [6.45, 7) is 0. The minimum absolute atomic E-state index is 0.217. The summed E-state index contributed by atoms with van der Waals surface area (Å²) >= 11 is 12.2. The lowest BCUT2D eigenvalue weighted by atomic mass is 10.0. The van der Waals surface area contributed by atoms with E-state index < -0.39 is 0 Å². The van der Waals surface area contributed by atoms with E-state index in [1.807, 2.05) is 158 Å². The molecular formula is C45H30Cl2N4O2. The number of amides is 2. The lowest BCUT2D eigenvalue weighted by molar-refractivity contribution is 0.102. The molecule has 8 aromatic rings. The van der Waals surface area contributed by atoms with Gasteiger partial charge < -0.3 is 10.6 Å². The number of carbonyl (C=O) groups excluding carboxylic acids is 2. The Bertz CT molecular complexity index is 2440. The number of carbonyl (C=O) groups is 2. The van der Waals surface area contributed by atoms with Crippen LogP contribution in [-0.4, -0.2) is 21.8 Å². The average molecular weight is 730 g/mol. The standard InChI is InChI=1S/C45H30Cl2N4O2/c46-32-17-13-30(14-18-32)42-26-38(36-5-1-3-7-40(36)50-42)44(52)48-34-21-9-28(10-22-34)25-29-11-23-35(24-12-29)49-45(53)39-27-43(31-15-19-33(47)20-16-31)51-41-8-4-2-6-37(39)41/h1-24,26-27H,25H2,(H,48,52)(H,49,53). The van der Waals surface area contributed by atoms with Crippen LogP contribution >= 0.6 is 23.2 Å². The van der Waals surface area contributed by atoms with Crippen molar-refractivity contribution in [1.29, 1.82) is 0 Å². The summed E-state index contributed by atoms with van der Waals surface area (Å²) < 4.78 is 0. The van der Waals surface area contributed by atoms with Crippen LogP contribution in [-0.2, 0) is 6.42 Å². The van der Waals surface area contributed by atoms with E-state index in [0.29, 0.717) is 50.4 Å². The molecule has 2 N–H and O–H groups in total. The Hall–Kier alpha value is -6.34. The molecule has 2 amide bonds. The lowest BCUT2D eigenvalue weighted by Crippen LogP contribution is -2.13. The van der Waals surface area contributed by atoms with Crippen LogP contribution in [0.3, 0.4) is 0 Å². The number of hydrogen-bond donors (Lipinski definition) is 2. The molecule has 2 heterocycles. The van der Waals surface area contributed by atoms with Crippen LogP contribution in [0.4, 0.5) is 11.4 Å². The minimum atomic E-state index is -0.217. The quantitative estimate of drug-likeness (QED) is 0.163. The first kappa shape index (κ1) is 33.8. The Morgan fingerprint density at radius 2 is 0.849 bits per heavy atom. The summed E-state index contributed by atoms with van der Waals surface area (Å²) in [5, 5.41) is 8.93. The molecule has 0 aliphatic carbocycles. The van der Waals surface area contributed by atoms with Gasteiger partial charge in [0.2, 0.25) is 0 Å². The van der Waals surface area contributed by atoms with Crippen molar-refractivity contribution in [2.45, 2.75) is 6.42 Å². The van der Waals surface area contributed by atoms with E-state index in [1.165, 1.54) is 0 Å². The van der Waals surface area contributed by atoms with Crippen molar-refractivity contribution in [2.24, 2.45) is 0 Å². The fourth-order valence-electron chi connectivity index (χ4n) is 6.31. The van der Waals surface area contributed by atoms with E-state index in [4.69, 9.17) is 33.2 Å². The lowest BCUT2D eigenvalue weighted by Gasteiger charge is -2.12. The number of nitrogens with zero attached hydrogens (tertiary/aromatic N) is 2. The molecule has 53 heavy (non-hydrogen) atoms. The molecule has 0 radical (unpaired) electrons. The van der Waals surface area contributed by atoms with Gasteiger partial charge in [0, 0.05) is 43.3 Å². The van der Waals surface area contributed by atoms with Gasteiger partial charge in [-0.3, -0.25) is 9.59 Å². The van der Waals surface area contributed by atoms with Gasteiger partial charge in [-0.05, 0) is 90.3 Å². The number of pyridine rings is 2. The first-order valence-electron chi connectivity index (χ1n) is 17.0. The Labute approximate surface area is 316 Å². The topological polar surface area (TPSA) is 84.0 Å². The number of hydrogen-bond acceptors (Lipinski definition) is 4. The van der Waals surface area contributed by atoms with E-state index in [2.05, 4.69) is 10.6 Å². The predicted octanol–water partition coefficient (Wildman–Crippen LogP) is 11.5. The molecule has 2 aromatic heterocycles. The van der Waals surface area contributed by atoms with Crippen LogP contribution in [0.1, 0.15) is 31.8 Å². The van der Waals surface area contributed by atoms with Crippen molar-refractivity contribution in [1.82, 2.24) is 9.97 Å². The zero-order valence-electron chi connectivity index (χ0n) is 28.2. The zero-order valence-corrected chi connectivity index (χ0v) is 29.7. The van der Waals surface area contributed by atoms with Gasteiger partial charge in [-0.25, -0.2) is 9.97 Å². The smallest absolute Gasteiger partial charge is 0.256 e. The number of anilines is 2. The summed E-state index contributed by atoms with van der Waals surface area (Å²) in [4.78, 5) is 36.8. The molecule has 8 rings (SSSR count). The Kier molecular flexibility index (Phi) is 9.38. The van der Waals surface area contributed by atoms with E-state index in [1.54, 1.807) is 0 Å². The van der Waals surface area contributed by atoms with Crippen LogP contribution in [0.2, 0.25) is 10.0 Å². The third-order valence-electron chi connectivity index (χ3n) is 9.03. The summed E-state index contributed by atoms with van der Waals surface area (Å²) in [5.41, 5.74) is 9.23. The maximum Gasteiger partial charge on any atom is 0.256 e. The van der Waals surface area contributed by atoms with Crippen molar-refractivity contribution >= 4 is 68.2 Å². The summed E-state index contributed by atoms with van der Waals surface area (Å²) in [5.74, 6) is -0.435.